The lowest BCUT2D eigenvalue weighted by Crippen LogP contribution is -2.49. The lowest BCUT2D eigenvalue weighted by molar-refractivity contribution is -0.161. The summed E-state index contributed by atoms with van der Waals surface area (Å²) in [6.45, 7) is 20.6. The van der Waals surface area contributed by atoms with E-state index in [1.807, 2.05) is 13.1 Å². The van der Waals surface area contributed by atoms with Gasteiger partial charge in [-0.25, -0.2) is 14.5 Å². The molecule has 1 aliphatic heterocycles. The van der Waals surface area contributed by atoms with Crippen LogP contribution in [0.15, 0.2) is 0 Å². The summed E-state index contributed by atoms with van der Waals surface area (Å²) in [6.07, 6.45) is -1.65. The number of imide groups is 1. The van der Waals surface area contributed by atoms with Crippen LogP contribution < -0.4 is 0 Å². The van der Waals surface area contributed by atoms with Crippen molar-refractivity contribution in [2.45, 2.75) is 110 Å². The molecule has 28 heavy (non-hydrogen) atoms. The molecule has 1 fully saturated rings. The van der Waals surface area contributed by atoms with Crippen LogP contribution in [0.5, 0.6) is 0 Å². The van der Waals surface area contributed by atoms with Crippen molar-refractivity contribution in [1.29, 1.82) is 0 Å². The number of amides is 2. The van der Waals surface area contributed by atoms with Crippen LogP contribution in [0.2, 0.25) is 18.1 Å². The van der Waals surface area contributed by atoms with E-state index in [1.165, 1.54) is 0 Å². The summed E-state index contributed by atoms with van der Waals surface area (Å²) in [5, 5.41) is -0.117. The summed E-state index contributed by atoms with van der Waals surface area (Å²) in [4.78, 5) is 39.3. The van der Waals surface area contributed by atoms with Gasteiger partial charge in [0, 0.05) is 6.42 Å². The highest BCUT2D eigenvalue weighted by molar-refractivity contribution is 6.74. The van der Waals surface area contributed by atoms with E-state index >= 15 is 0 Å². The predicted octanol–water partition coefficient (Wildman–Crippen LogP) is 4.25. The van der Waals surface area contributed by atoms with Gasteiger partial charge in [-0.3, -0.25) is 4.79 Å². The number of likely N-dealkylation sites (tertiary alicyclic amines) is 1. The summed E-state index contributed by atoms with van der Waals surface area (Å²) in [6, 6.07) is -1.06. The first-order chi connectivity index (χ1) is 12.3. The topological polar surface area (TPSA) is 82.1 Å². The summed E-state index contributed by atoms with van der Waals surface area (Å²) < 4.78 is 17.0. The SMILES string of the molecule is CC(C)(C)OC(=O)[C@@H]1C[C@@H](O[Si](C)(C)C(C)(C)C)C(=O)N1C(=O)OC(C)(C)C. The normalized spacial score (nSPS) is 21.7. The molecule has 0 bridgehead atoms. The third-order valence-electron chi connectivity index (χ3n) is 4.77. The fourth-order valence-electron chi connectivity index (χ4n) is 2.45. The molecule has 0 aromatic heterocycles. The van der Waals surface area contributed by atoms with E-state index in [4.69, 9.17) is 13.9 Å². The molecule has 2 amide bonds. The van der Waals surface area contributed by atoms with Crippen LogP contribution in [-0.2, 0) is 23.5 Å². The fourth-order valence-corrected chi connectivity index (χ4v) is 3.71. The molecular formula is C20H37NO6Si. The molecule has 0 radical (unpaired) electrons. The number of hydrogen-bond donors (Lipinski definition) is 0. The number of ether oxygens (including phenoxy) is 2. The highest BCUT2D eigenvalue weighted by Gasteiger charge is 2.52. The zero-order valence-electron chi connectivity index (χ0n) is 19.3. The first-order valence-electron chi connectivity index (χ1n) is 9.72. The molecule has 8 heteroatoms. The number of carbonyl (C=O) groups excluding carboxylic acids is 3. The van der Waals surface area contributed by atoms with Crippen molar-refractivity contribution in [3.8, 4) is 0 Å². The van der Waals surface area contributed by atoms with Crippen LogP contribution in [-0.4, -0.2) is 54.5 Å². The molecule has 0 spiro atoms. The van der Waals surface area contributed by atoms with Gasteiger partial charge in [-0.05, 0) is 59.7 Å². The van der Waals surface area contributed by atoms with Crippen molar-refractivity contribution in [3.63, 3.8) is 0 Å². The number of carbonyl (C=O) groups is 3. The average Bonchev–Trinajstić information content (AvgIpc) is 2.70. The predicted molar refractivity (Wildman–Crippen MR) is 109 cm³/mol. The van der Waals surface area contributed by atoms with Crippen molar-refractivity contribution in [2.24, 2.45) is 0 Å². The smallest absolute Gasteiger partial charge is 0.417 e. The Labute approximate surface area is 170 Å². The molecule has 1 rings (SSSR count). The minimum absolute atomic E-state index is 0.0689. The molecule has 0 aliphatic carbocycles. The van der Waals surface area contributed by atoms with Gasteiger partial charge in [0.05, 0.1) is 0 Å². The van der Waals surface area contributed by atoms with Gasteiger partial charge >= 0.3 is 12.1 Å². The minimum atomic E-state index is -2.29. The summed E-state index contributed by atoms with van der Waals surface area (Å²) in [7, 11) is -2.29. The summed E-state index contributed by atoms with van der Waals surface area (Å²) in [5.74, 6) is -1.18. The van der Waals surface area contributed by atoms with Crippen LogP contribution in [0.1, 0.15) is 68.7 Å². The van der Waals surface area contributed by atoms with E-state index in [0.717, 1.165) is 4.90 Å². The van der Waals surface area contributed by atoms with E-state index in [9.17, 15) is 14.4 Å². The average molecular weight is 416 g/mol. The standard InChI is InChI=1S/C20H37NO6Si/c1-18(2,3)25-16(23)13-12-14(27-28(10,11)20(7,8)9)15(22)21(13)17(24)26-19(4,5)6/h13-14H,12H2,1-11H3/t13-,14+/m0/s1. The molecule has 0 N–H and O–H groups in total. The third kappa shape index (κ3) is 6.30. The van der Waals surface area contributed by atoms with Gasteiger partial charge in [0.2, 0.25) is 0 Å². The van der Waals surface area contributed by atoms with Gasteiger partial charge in [0.15, 0.2) is 8.32 Å². The zero-order chi connectivity index (χ0) is 22.3. The maximum Gasteiger partial charge on any atom is 0.417 e. The minimum Gasteiger partial charge on any atom is -0.458 e. The van der Waals surface area contributed by atoms with Gasteiger partial charge in [0.1, 0.15) is 23.3 Å². The first-order valence-corrected chi connectivity index (χ1v) is 12.6. The van der Waals surface area contributed by atoms with Crippen LogP contribution in [0.25, 0.3) is 0 Å². The van der Waals surface area contributed by atoms with E-state index < -0.39 is 49.6 Å². The van der Waals surface area contributed by atoms with Gasteiger partial charge in [0.25, 0.3) is 5.91 Å². The van der Waals surface area contributed by atoms with E-state index in [1.54, 1.807) is 41.5 Å². The van der Waals surface area contributed by atoms with Gasteiger partial charge in [-0.2, -0.15) is 0 Å². The Morgan fingerprint density at radius 2 is 1.39 bits per heavy atom. The number of esters is 1. The van der Waals surface area contributed by atoms with E-state index in [0.29, 0.717) is 0 Å². The van der Waals surface area contributed by atoms with Crippen LogP contribution in [0.4, 0.5) is 4.79 Å². The molecule has 1 heterocycles. The number of rotatable bonds is 3. The Balaban J connectivity index is 3.18. The quantitative estimate of drug-likeness (QED) is 0.506. The second-order valence-electron chi connectivity index (χ2n) is 10.8. The second kappa shape index (κ2) is 7.78. The molecule has 0 aromatic carbocycles. The Hall–Kier alpha value is -1.41. The van der Waals surface area contributed by atoms with Crippen molar-refractivity contribution in [2.75, 3.05) is 0 Å². The second-order valence-corrected chi connectivity index (χ2v) is 15.6. The monoisotopic (exact) mass is 415 g/mol. The molecule has 2 atom stereocenters. The molecule has 162 valence electrons. The van der Waals surface area contributed by atoms with Gasteiger partial charge < -0.3 is 13.9 Å². The molecule has 0 aromatic rings. The largest absolute Gasteiger partial charge is 0.458 e. The third-order valence-corrected chi connectivity index (χ3v) is 9.26. The van der Waals surface area contributed by atoms with Gasteiger partial charge in [-0.15, -0.1) is 0 Å². The molecule has 1 saturated heterocycles. The van der Waals surface area contributed by atoms with E-state index in [-0.39, 0.29) is 11.5 Å². The number of nitrogens with zero attached hydrogens (tertiary/aromatic N) is 1. The van der Waals surface area contributed by atoms with E-state index in [2.05, 4.69) is 20.8 Å². The molecule has 7 nitrogen and oxygen atoms in total. The fraction of sp³-hybridized carbons (Fsp3) is 0.850. The van der Waals surface area contributed by atoms with Crippen LogP contribution >= 0.6 is 0 Å². The summed E-state index contributed by atoms with van der Waals surface area (Å²) in [5.41, 5.74) is -1.54. The van der Waals surface area contributed by atoms with Crippen molar-refractivity contribution in [3.05, 3.63) is 0 Å². The van der Waals surface area contributed by atoms with Crippen LogP contribution in [0, 0.1) is 0 Å². The van der Waals surface area contributed by atoms with Crippen molar-refractivity contribution < 1.29 is 28.3 Å². The molecular weight excluding hydrogens is 378 g/mol. The first kappa shape index (κ1) is 24.6. The summed E-state index contributed by atoms with van der Waals surface area (Å²) >= 11 is 0. The molecule has 0 saturated carbocycles. The molecule has 0 unspecified atom stereocenters. The Morgan fingerprint density at radius 3 is 1.79 bits per heavy atom. The highest BCUT2D eigenvalue weighted by atomic mass is 28.4. The lowest BCUT2D eigenvalue weighted by atomic mass is 10.1. The Morgan fingerprint density at radius 1 is 0.929 bits per heavy atom. The molecule has 1 aliphatic rings. The maximum atomic E-state index is 13.0. The maximum absolute atomic E-state index is 13.0. The van der Waals surface area contributed by atoms with Crippen molar-refractivity contribution in [1.82, 2.24) is 4.90 Å². The highest BCUT2D eigenvalue weighted by Crippen LogP contribution is 2.39. The zero-order valence-corrected chi connectivity index (χ0v) is 20.3. The Kier molecular flexibility index (Phi) is 6.84. The van der Waals surface area contributed by atoms with Gasteiger partial charge in [-0.1, -0.05) is 20.8 Å². The van der Waals surface area contributed by atoms with Crippen LogP contribution in [0.3, 0.4) is 0 Å². The number of hydrogen-bond acceptors (Lipinski definition) is 6. The Bertz CT molecular complexity index is 624. The lowest BCUT2D eigenvalue weighted by Gasteiger charge is -2.37. The van der Waals surface area contributed by atoms with Crippen molar-refractivity contribution >= 4 is 26.3 Å².